The molecule has 18 heavy (non-hydrogen) atoms. The molecule has 1 rings (SSSR count). The molecule has 1 aromatic rings. The Balaban J connectivity index is 3.07. The monoisotopic (exact) mass is 250 g/mol. The summed E-state index contributed by atoms with van der Waals surface area (Å²) in [7, 11) is 1.66. The van der Waals surface area contributed by atoms with Crippen molar-refractivity contribution in [1.29, 1.82) is 0 Å². The largest absolute Gasteiger partial charge is 0.496 e. The van der Waals surface area contributed by atoms with E-state index in [1.807, 2.05) is 19.9 Å². The molecule has 102 valence electrons. The highest BCUT2D eigenvalue weighted by molar-refractivity contribution is 5.44. The Morgan fingerprint density at radius 1 is 1.17 bits per heavy atom. The quantitative estimate of drug-likeness (QED) is 0.855. The lowest BCUT2D eigenvalue weighted by Gasteiger charge is -2.24. The first-order valence-electron chi connectivity index (χ1n) is 6.70. The molecule has 0 spiro atoms. The van der Waals surface area contributed by atoms with Gasteiger partial charge in [-0.1, -0.05) is 26.8 Å². The van der Waals surface area contributed by atoms with Crippen LogP contribution in [0.15, 0.2) is 12.1 Å². The zero-order valence-corrected chi connectivity index (χ0v) is 12.4. The second-order valence-corrected chi connectivity index (χ2v) is 5.75. The number of aryl methyl sites for hydroxylation is 2. The zero-order valence-electron chi connectivity index (χ0n) is 12.4. The molecule has 2 nitrogen and oxygen atoms in total. The van der Waals surface area contributed by atoms with Gasteiger partial charge in [0.15, 0.2) is 0 Å². The third kappa shape index (κ3) is 3.49. The maximum Gasteiger partial charge on any atom is 0.125 e. The second kappa shape index (κ2) is 6.24. The minimum atomic E-state index is -0.456. The van der Waals surface area contributed by atoms with Crippen LogP contribution >= 0.6 is 0 Å². The maximum atomic E-state index is 10.5. The molecule has 1 N–H and O–H groups in total. The van der Waals surface area contributed by atoms with Gasteiger partial charge in [-0.15, -0.1) is 0 Å². The molecule has 0 fully saturated rings. The van der Waals surface area contributed by atoms with Crippen LogP contribution < -0.4 is 4.74 Å². The van der Waals surface area contributed by atoms with Crippen molar-refractivity contribution in [3.8, 4) is 5.75 Å². The number of hydrogen-bond donors (Lipinski definition) is 1. The highest BCUT2D eigenvalue weighted by Crippen LogP contribution is 2.35. The average Bonchev–Trinajstić information content (AvgIpc) is 2.26. The molecule has 1 aromatic carbocycles. The second-order valence-electron chi connectivity index (χ2n) is 5.75. The molecule has 2 unspecified atom stereocenters. The molecule has 0 aliphatic heterocycles. The first-order chi connectivity index (χ1) is 8.36. The lowest BCUT2D eigenvalue weighted by atomic mass is 9.87. The van der Waals surface area contributed by atoms with E-state index in [1.165, 1.54) is 0 Å². The average molecular weight is 250 g/mol. The van der Waals surface area contributed by atoms with E-state index in [9.17, 15) is 5.11 Å². The van der Waals surface area contributed by atoms with Crippen molar-refractivity contribution in [2.75, 3.05) is 7.11 Å². The number of methoxy groups -OCH3 is 1. The number of aliphatic hydroxyl groups is 1. The van der Waals surface area contributed by atoms with Gasteiger partial charge in [-0.3, -0.25) is 0 Å². The maximum absolute atomic E-state index is 10.5. The SMILES string of the molecule is COc1cc(C)cc(C)c1C(O)C(C)CC(C)C. The van der Waals surface area contributed by atoms with Crippen molar-refractivity contribution >= 4 is 0 Å². The van der Waals surface area contributed by atoms with Crippen LogP contribution in [0.3, 0.4) is 0 Å². The van der Waals surface area contributed by atoms with E-state index >= 15 is 0 Å². The van der Waals surface area contributed by atoms with E-state index in [0.29, 0.717) is 5.92 Å². The number of rotatable bonds is 5. The Kier molecular flexibility index (Phi) is 5.21. The van der Waals surface area contributed by atoms with E-state index in [0.717, 1.165) is 28.9 Å². The first kappa shape index (κ1) is 15.0. The molecular formula is C16H26O2. The summed E-state index contributed by atoms with van der Waals surface area (Å²) in [6.07, 6.45) is 0.556. The van der Waals surface area contributed by atoms with E-state index in [4.69, 9.17) is 4.74 Å². The summed E-state index contributed by atoms with van der Waals surface area (Å²) in [6.45, 7) is 10.5. The first-order valence-corrected chi connectivity index (χ1v) is 6.70. The predicted molar refractivity (Wildman–Crippen MR) is 76.0 cm³/mol. The zero-order chi connectivity index (χ0) is 13.9. The fourth-order valence-electron chi connectivity index (χ4n) is 2.64. The van der Waals surface area contributed by atoms with E-state index < -0.39 is 6.10 Å². The molecule has 0 bridgehead atoms. The van der Waals surface area contributed by atoms with Gasteiger partial charge in [-0.25, -0.2) is 0 Å². The minimum absolute atomic E-state index is 0.236. The Morgan fingerprint density at radius 3 is 2.28 bits per heavy atom. The summed E-state index contributed by atoms with van der Waals surface area (Å²) in [5.74, 6) is 1.63. The van der Waals surface area contributed by atoms with Crippen molar-refractivity contribution in [1.82, 2.24) is 0 Å². The molecule has 0 heterocycles. The van der Waals surface area contributed by atoms with Gasteiger partial charge < -0.3 is 9.84 Å². The van der Waals surface area contributed by atoms with Crippen LogP contribution in [0.25, 0.3) is 0 Å². The number of aliphatic hydroxyl groups excluding tert-OH is 1. The van der Waals surface area contributed by atoms with Crippen LogP contribution in [0.4, 0.5) is 0 Å². The fourth-order valence-corrected chi connectivity index (χ4v) is 2.64. The molecule has 0 aliphatic rings. The highest BCUT2D eigenvalue weighted by Gasteiger charge is 2.23. The van der Waals surface area contributed by atoms with Gasteiger partial charge in [0.05, 0.1) is 13.2 Å². The van der Waals surface area contributed by atoms with Gasteiger partial charge in [0.2, 0.25) is 0 Å². The summed E-state index contributed by atoms with van der Waals surface area (Å²) in [4.78, 5) is 0. The van der Waals surface area contributed by atoms with Crippen LogP contribution in [-0.4, -0.2) is 12.2 Å². The molecule has 0 radical (unpaired) electrons. The van der Waals surface area contributed by atoms with Crippen LogP contribution in [0, 0.1) is 25.7 Å². The Labute approximate surface area is 111 Å². The van der Waals surface area contributed by atoms with Crippen LogP contribution in [-0.2, 0) is 0 Å². The Morgan fingerprint density at radius 2 is 1.78 bits per heavy atom. The predicted octanol–water partition coefficient (Wildman–Crippen LogP) is 4.03. The van der Waals surface area contributed by atoms with Crippen molar-refractivity contribution in [3.05, 3.63) is 28.8 Å². The third-order valence-corrected chi connectivity index (χ3v) is 3.39. The van der Waals surface area contributed by atoms with E-state index in [-0.39, 0.29) is 5.92 Å². The normalized spacial score (nSPS) is 14.7. The minimum Gasteiger partial charge on any atom is -0.496 e. The van der Waals surface area contributed by atoms with Crippen molar-refractivity contribution < 1.29 is 9.84 Å². The van der Waals surface area contributed by atoms with E-state index in [2.05, 4.69) is 26.8 Å². The Bertz CT molecular complexity index is 396. The fraction of sp³-hybridized carbons (Fsp3) is 0.625. The Hall–Kier alpha value is -1.02. The summed E-state index contributed by atoms with van der Waals surface area (Å²) >= 11 is 0. The molecule has 2 heteroatoms. The van der Waals surface area contributed by atoms with Gasteiger partial charge in [-0.2, -0.15) is 0 Å². The topological polar surface area (TPSA) is 29.5 Å². The third-order valence-electron chi connectivity index (χ3n) is 3.39. The lowest BCUT2D eigenvalue weighted by molar-refractivity contribution is 0.102. The number of ether oxygens (including phenoxy) is 1. The summed E-state index contributed by atoms with van der Waals surface area (Å²) in [6, 6.07) is 4.09. The summed E-state index contributed by atoms with van der Waals surface area (Å²) in [5, 5.41) is 10.5. The lowest BCUT2D eigenvalue weighted by Crippen LogP contribution is -2.14. The standard InChI is InChI=1S/C16H26O2/c1-10(2)7-13(5)16(17)15-12(4)8-11(3)9-14(15)18-6/h8-10,13,16-17H,7H2,1-6H3. The van der Waals surface area contributed by atoms with Gasteiger partial charge in [-0.05, 0) is 49.3 Å². The van der Waals surface area contributed by atoms with Gasteiger partial charge in [0.25, 0.3) is 0 Å². The van der Waals surface area contributed by atoms with Crippen LogP contribution in [0.2, 0.25) is 0 Å². The molecule has 2 atom stereocenters. The molecule has 0 saturated carbocycles. The number of benzene rings is 1. The van der Waals surface area contributed by atoms with Crippen LogP contribution in [0.5, 0.6) is 5.75 Å². The van der Waals surface area contributed by atoms with Crippen molar-refractivity contribution in [3.63, 3.8) is 0 Å². The summed E-state index contributed by atoms with van der Waals surface area (Å²) < 4.78 is 5.42. The smallest absolute Gasteiger partial charge is 0.125 e. The highest BCUT2D eigenvalue weighted by atomic mass is 16.5. The van der Waals surface area contributed by atoms with Crippen molar-refractivity contribution in [2.45, 2.75) is 47.1 Å². The molecule has 0 amide bonds. The molecule has 0 aromatic heterocycles. The van der Waals surface area contributed by atoms with Crippen LogP contribution in [0.1, 0.15) is 50.0 Å². The van der Waals surface area contributed by atoms with Crippen molar-refractivity contribution in [2.24, 2.45) is 11.8 Å². The van der Waals surface area contributed by atoms with E-state index in [1.54, 1.807) is 7.11 Å². The van der Waals surface area contributed by atoms with Gasteiger partial charge >= 0.3 is 0 Å². The molecule has 0 saturated heterocycles. The summed E-state index contributed by atoms with van der Waals surface area (Å²) in [5.41, 5.74) is 3.21. The molecule has 0 aliphatic carbocycles. The molecular weight excluding hydrogens is 224 g/mol. The number of hydrogen-bond acceptors (Lipinski definition) is 2. The van der Waals surface area contributed by atoms with Gasteiger partial charge in [0, 0.05) is 5.56 Å². The van der Waals surface area contributed by atoms with Gasteiger partial charge in [0.1, 0.15) is 5.75 Å².